The predicted octanol–water partition coefficient (Wildman–Crippen LogP) is 3.12. The van der Waals surface area contributed by atoms with Gasteiger partial charge in [-0.05, 0) is 24.6 Å². The van der Waals surface area contributed by atoms with Gasteiger partial charge in [0.25, 0.3) is 5.91 Å². The Balaban J connectivity index is 1.47. The first-order valence-corrected chi connectivity index (χ1v) is 9.53. The summed E-state index contributed by atoms with van der Waals surface area (Å²) >= 11 is 0. The number of hydrogen-bond donors (Lipinski definition) is 4. The van der Waals surface area contributed by atoms with E-state index in [1.165, 1.54) is 0 Å². The summed E-state index contributed by atoms with van der Waals surface area (Å²) in [7, 11) is 0. The lowest BCUT2D eigenvalue weighted by Gasteiger charge is -2.12. The van der Waals surface area contributed by atoms with Gasteiger partial charge in [-0.15, -0.1) is 0 Å². The van der Waals surface area contributed by atoms with Crippen LogP contribution in [0.25, 0.3) is 33.2 Å². The Labute approximate surface area is 171 Å². The highest BCUT2D eigenvalue weighted by atomic mass is 16.5. The van der Waals surface area contributed by atoms with E-state index in [0.29, 0.717) is 5.52 Å². The number of aromatic amines is 2. The van der Waals surface area contributed by atoms with Crippen molar-refractivity contribution in [3.8, 4) is 11.3 Å². The maximum atomic E-state index is 12.7. The molecule has 0 spiro atoms. The number of amides is 1. The van der Waals surface area contributed by atoms with Crippen LogP contribution in [0.1, 0.15) is 29.1 Å². The lowest BCUT2D eigenvalue weighted by Crippen LogP contribution is -2.27. The van der Waals surface area contributed by atoms with E-state index < -0.39 is 0 Å². The number of H-pyrrole nitrogens is 2. The van der Waals surface area contributed by atoms with E-state index in [9.17, 15) is 10.0 Å². The standard InChI is InChI=1S/C22H18N6O2/c1-13(14-5-3-2-4-6-14)23-22(29)21-24-18-11-16-17(12-19(18)25-21)26-27-20(16)15-7-9-28(30)10-8-15/h2-13,30H,1H3,(H2,23,24,25,27,29)/p+1. The van der Waals surface area contributed by atoms with Crippen LogP contribution in [0.15, 0.2) is 67.0 Å². The number of rotatable bonds is 4. The summed E-state index contributed by atoms with van der Waals surface area (Å²) in [6.45, 7) is 1.94. The van der Waals surface area contributed by atoms with E-state index in [2.05, 4.69) is 25.5 Å². The van der Waals surface area contributed by atoms with Gasteiger partial charge in [0.1, 0.15) is 5.69 Å². The van der Waals surface area contributed by atoms with E-state index in [-0.39, 0.29) is 17.8 Å². The van der Waals surface area contributed by atoms with E-state index in [0.717, 1.165) is 38.0 Å². The van der Waals surface area contributed by atoms with Gasteiger partial charge in [0.2, 0.25) is 12.4 Å². The molecule has 0 bridgehead atoms. The van der Waals surface area contributed by atoms with Gasteiger partial charge in [0.15, 0.2) is 5.82 Å². The van der Waals surface area contributed by atoms with Crippen molar-refractivity contribution < 1.29 is 14.7 Å². The quantitative estimate of drug-likeness (QED) is 0.275. The molecule has 0 aliphatic heterocycles. The highest BCUT2D eigenvalue weighted by Gasteiger charge is 2.17. The Morgan fingerprint density at radius 1 is 1.10 bits per heavy atom. The molecule has 0 aliphatic rings. The van der Waals surface area contributed by atoms with E-state index in [1.54, 1.807) is 24.5 Å². The zero-order valence-corrected chi connectivity index (χ0v) is 16.1. The first kappa shape index (κ1) is 17.9. The van der Waals surface area contributed by atoms with Crippen molar-refractivity contribution >= 4 is 27.8 Å². The summed E-state index contributed by atoms with van der Waals surface area (Å²) in [4.78, 5) is 20.3. The molecule has 5 rings (SSSR count). The van der Waals surface area contributed by atoms with Crippen molar-refractivity contribution in [3.63, 3.8) is 0 Å². The van der Waals surface area contributed by atoms with E-state index in [4.69, 9.17) is 0 Å². The van der Waals surface area contributed by atoms with Gasteiger partial charge in [0.05, 0.1) is 22.6 Å². The zero-order chi connectivity index (χ0) is 20.7. The number of nitrogens with zero attached hydrogens (tertiary/aromatic N) is 3. The van der Waals surface area contributed by atoms with Crippen LogP contribution in [0.2, 0.25) is 0 Å². The fourth-order valence-electron chi connectivity index (χ4n) is 3.52. The van der Waals surface area contributed by atoms with Crippen molar-refractivity contribution in [1.82, 2.24) is 25.5 Å². The largest absolute Gasteiger partial charge is 0.343 e. The highest BCUT2D eigenvalue weighted by molar-refractivity contribution is 6.02. The Kier molecular flexibility index (Phi) is 4.17. The van der Waals surface area contributed by atoms with Crippen LogP contribution in [-0.4, -0.2) is 31.3 Å². The first-order valence-electron chi connectivity index (χ1n) is 9.53. The second-order valence-corrected chi connectivity index (χ2v) is 7.15. The molecule has 0 fully saturated rings. The molecule has 4 N–H and O–H groups in total. The summed E-state index contributed by atoms with van der Waals surface area (Å²) in [6, 6.07) is 17.0. The van der Waals surface area contributed by atoms with E-state index >= 15 is 0 Å². The number of imidazole rings is 1. The highest BCUT2D eigenvalue weighted by Crippen LogP contribution is 2.28. The molecule has 2 aromatic carbocycles. The molecule has 3 heterocycles. The molecule has 5 aromatic rings. The molecule has 8 heteroatoms. The fourth-order valence-corrected chi connectivity index (χ4v) is 3.52. The van der Waals surface area contributed by atoms with Crippen molar-refractivity contribution in [3.05, 3.63) is 78.4 Å². The number of pyridine rings is 1. The molecule has 30 heavy (non-hydrogen) atoms. The zero-order valence-electron chi connectivity index (χ0n) is 16.1. The van der Waals surface area contributed by atoms with Gasteiger partial charge in [-0.1, -0.05) is 30.3 Å². The van der Waals surface area contributed by atoms with E-state index in [1.807, 2.05) is 49.4 Å². The molecule has 148 valence electrons. The normalized spacial score (nSPS) is 12.3. The SMILES string of the molecule is CC(NC(=O)c1nc2cc3c(-c4cc[n+](O)cc4)n[nH]c3cc2[nH]1)c1ccccc1. The minimum absolute atomic E-state index is 0.135. The molecule has 1 atom stereocenters. The topological polar surface area (TPSA) is 111 Å². The van der Waals surface area contributed by atoms with Gasteiger partial charge < -0.3 is 10.3 Å². The molecule has 8 nitrogen and oxygen atoms in total. The van der Waals surface area contributed by atoms with Gasteiger partial charge in [-0.2, -0.15) is 5.10 Å². The number of aromatic nitrogens is 5. The monoisotopic (exact) mass is 399 g/mol. The molecular formula is C22H19N6O2+. The molecule has 0 radical (unpaired) electrons. The molecule has 3 aromatic heterocycles. The van der Waals surface area contributed by atoms with Gasteiger partial charge in [0, 0.05) is 27.8 Å². The van der Waals surface area contributed by atoms with Crippen LogP contribution in [0.5, 0.6) is 0 Å². The summed E-state index contributed by atoms with van der Waals surface area (Å²) < 4.78 is 0.978. The third-order valence-electron chi connectivity index (χ3n) is 5.11. The van der Waals surface area contributed by atoms with Gasteiger partial charge >= 0.3 is 0 Å². The summed E-state index contributed by atoms with van der Waals surface area (Å²) in [5.41, 5.74) is 4.88. The van der Waals surface area contributed by atoms with Crippen LogP contribution in [0.3, 0.4) is 0 Å². The summed E-state index contributed by atoms with van der Waals surface area (Å²) in [5, 5.41) is 20.7. The third kappa shape index (κ3) is 3.14. The minimum Gasteiger partial charge on any atom is -0.343 e. The fraction of sp³-hybridized carbons (Fsp3) is 0.0909. The maximum absolute atomic E-state index is 12.7. The maximum Gasteiger partial charge on any atom is 0.287 e. The van der Waals surface area contributed by atoms with Crippen LogP contribution in [-0.2, 0) is 0 Å². The average molecular weight is 399 g/mol. The summed E-state index contributed by atoms with van der Waals surface area (Å²) in [5.74, 6) is -0.00361. The lowest BCUT2D eigenvalue weighted by atomic mass is 10.1. The average Bonchev–Trinajstić information content (AvgIpc) is 3.37. The van der Waals surface area contributed by atoms with Crippen LogP contribution < -0.4 is 10.0 Å². The summed E-state index contributed by atoms with van der Waals surface area (Å²) in [6.07, 6.45) is 3.08. The minimum atomic E-state index is -0.264. The number of hydrogen-bond acceptors (Lipinski definition) is 4. The van der Waals surface area contributed by atoms with Gasteiger partial charge in [-0.3, -0.25) is 15.1 Å². The molecule has 1 amide bonds. The van der Waals surface area contributed by atoms with Gasteiger partial charge in [-0.25, -0.2) is 4.98 Å². The van der Waals surface area contributed by atoms with Crippen molar-refractivity contribution in [2.45, 2.75) is 13.0 Å². The number of fused-ring (bicyclic) bond motifs is 2. The molecule has 1 unspecified atom stereocenters. The van der Waals surface area contributed by atoms with Crippen molar-refractivity contribution in [1.29, 1.82) is 0 Å². The molecule has 0 saturated heterocycles. The first-order chi connectivity index (χ1) is 14.6. The second-order valence-electron chi connectivity index (χ2n) is 7.15. The smallest absolute Gasteiger partial charge is 0.287 e. The lowest BCUT2D eigenvalue weighted by molar-refractivity contribution is -0.904. The Morgan fingerprint density at radius 2 is 1.87 bits per heavy atom. The van der Waals surface area contributed by atoms with Crippen LogP contribution in [0.4, 0.5) is 0 Å². The predicted molar refractivity (Wildman–Crippen MR) is 111 cm³/mol. The van der Waals surface area contributed by atoms with Crippen LogP contribution >= 0.6 is 0 Å². The second kappa shape index (κ2) is 7.00. The molecular weight excluding hydrogens is 380 g/mol. The number of carbonyl (C=O) groups excluding carboxylic acids is 1. The van der Waals surface area contributed by atoms with Crippen molar-refractivity contribution in [2.24, 2.45) is 0 Å². The Bertz CT molecular complexity index is 1360. The number of nitrogens with one attached hydrogen (secondary N) is 3. The Hall–Kier alpha value is -4.20. The molecule has 0 aliphatic carbocycles. The van der Waals surface area contributed by atoms with Crippen molar-refractivity contribution in [2.75, 3.05) is 0 Å². The van der Waals surface area contributed by atoms with Crippen LogP contribution in [0, 0.1) is 0 Å². The number of carbonyl (C=O) groups is 1. The Morgan fingerprint density at radius 3 is 2.63 bits per heavy atom. The third-order valence-corrected chi connectivity index (χ3v) is 5.11. The number of benzene rings is 2. The molecule has 0 saturated carbocycles.